The summed E-state index contributed by atoms with van der Waals surface area (Å²) in [6, 6.07) is 7.97. The predicted molar refractivity (Wildman–Crippen MR) is 91.1 cm³/mol. The molecule has 1 fully saturated rings. The molecule has 0 spiro atoms. The molecule has 0 radical (unpaired) electrons. The topological polar surface area (TPSA) is 51.5 Å². The quantitative estimate of drug-likeness (QED) is 0.804. The van der Waals surface area contributed by atoms with Crippen molar-refractivity contribution in [3.63, 3.8) is 0 Å². The Hall–Kier alpha value is -2.63. The number of amides is 1. The van der Waals surface area contributed by atoms with Crippen molar-refractivity contribution in [3.05, 3.63) is 59.2 Å². The smallest absolute Gasteiger partial charge is 0.354 e. The summed E-state index contributed by atoms with van der Waals surface area (Å²) < 4.78 is 20.2. The molecule has 1 saturated heterocycles. The number of hydrogen-bond donors (Lipinski definition) is 0. The van der Waals surface area contributed by atoms with E-state index in [-0.39, 0.29) is 17.9 Å². The molecule has 0 atom stereocenters. The van der Waals surface area contributed by atoms with Crippen molar-refractivity contribution >= 4 is 11.9 Å². The molecule has 1 aliphatic heterocycles. The van der Waals surface area contributed by atoms with Gasteiger partial charge >= 0.3 is 5.97 Å². The highest BCUT2D eigenvalue weighted by Gasteiger charge is 2.27. The number of ether oxygens (including phenoxy) is 1. The van der Waals surface area contributed by atoms with Gasteiger partial charge in [-0.25, -0.2) is 9.18 Å². The molecule has 0 saturated carbocycles. The lowest BCUT2D eigenvalue weighted by molar-refractivity contribution is 0.0573. The highest BCUT2D eigenvalue weighted by Crippen LogP contribution is 2.26. The first-order chi connectivity index (χ1) is 12.0. The van der Waals surface area contributed by atoms with Gasteiger partial charge in [0.2, 0.25) is 0 Å². The second-order valence-electron chi connectivity index (χ2n) is 6.27. The number of methoxy groups -OCH3 is 1. The summed E-state index contributed by atoms with van der Waals surface area (Å²) in [5.74, 6) is -0.908. The Morgan fingerprint density at radius 2 is 1.92 bits per heavy atom. The van der Waals surface area contributed by atoms with E-state index in [0.29, 0.717) is 24.3 Å². The maximum atomic E-state index is 13.5. The molecule has 2 heterocycles. The second kappa shape index (κ2) is 7.09. The molecule has 3 rings (SSSR count). The van der Waals surface area contributed by atoms with Gasteiger partial charge in [0.25, 0.3) is 5.91 Å². The van der Waals surface area contributed by atoms with Crippen LogP contribution in [0.1, 0.15) is 45.3 Å². The number of esters is 1. The Labute approximate surface area is 146 Å². The van der Waals surface area contributed by atoms with E-state index in [1.54, 1.807) is 17.0 Å². The molecule has 6 heteroatoms. The van der Waals surface area contributed by atoms with Crippen LogP contribution in [0.4, 0.5) is 4.39 Å². The van der Waals surface area contributed by atoms with Crippen LogP contribution < -0.4 is 0 Å². The molecular formula is C19H21FN2O3. The van der Waals surface area contributed by atoms with Gasteiger partial charge in [-0.2, -0.15) is 0 Å². The molecule has 1 aromatic heterocycles. The van der Waals surface area contributed by atoms with Crippen LogP contribution in [0.3, 0.4) is 0 Å². The molecule has 5 nitrogen and oxygen atoms in total. The molecule has 1 aromatic carbocycles. The number of rotatable bonds is 3. The lowest BCUT2D eigenvalue weighted by atomic mass is 10.0. The Kier molecular flexibility index (Phi) is 4.88. The van der Waals surface area contributed by atoms with Crippen molar-refractivity contribution in [1.29, 1.82) is 0 Å². The van der Waals surface area contributed by atoms with Gasteiger partial charge in [-0.05, 0) is 49.6 Å². The fraction of sp³-hybridized carbons (Fsp3) is 0.368. The van der Waals surface area contributed by atoms with Crippen LogP contribution in [0.15, 0.2) is 36.5 Å². The highest BCUT2D eigenvalue weighted by molar-refractivity contribution is 5.95. The Bertz CT molecular complexity index is 792. The minimum atomic E-state index is -0.404. The zero-order valence-electron chi connectivity index (χ0n) is 14.4. The molecule has 0 N–H and O–H groups in total. The zero-order valence-corrected chi connectivity index (χ0v) is 14.4. The van der Waals surface area contributed by atoms with Crippen LogP contribution in [0, 0.1) is 12.7 Å². The average Bonchev–Trinajstić information content (AvgIpc) is 3.12. The zero-order chi connectivity index (χ0) is 18.0. The van der Waals surface area contributed by atoms with E-state index in [9.17, 15) is 14.0 Å². The third-order valence-corrected chi connectivity index (χ3v) is 4.75. The Morgan fingerprint density at radius 1 is 1.20 bits per heavy atom. The van der Waals surface area contributed by atoms with E-state index in [0.717, 1.165) is 18.4 Å². The molecule has 0 aliphatic carbocycles. The summed E-state index contributed by atoms with van der Waals surface area (Å²) in [6.45, 7) is 2.94. The predicted octanol–water partition coefficient (Wildman–Crippen LogP) is 3.20. The lowest BCUT2D eigenvalue weighted by Gasteiger charge is -2.33. The molecule has 132 valence electrons. The van der Waals surface area contributed by atoms with Crippen LogP contribution in [0.5, 0.6) is 0 Å². The average molecular weight is 344 g/mol. The van der Waals surface area contributed by atoms with Gasteiger partial charge in [0.05, 0.1) is 7.11 Å². The number of carbonyl (C=O) groups excluding carboxylic acids is 2. The SMILES string of the molecule is COC(=O)c1cccn1C1CCN(C(=O)c2cc(F)ccc2C)CC1. The maximum absolute atomic E-state index is 13.5. The molecule has 1 aliphatic rings. The van der Waals surface area contributed by atoms with Crippen LogP contribution >= 0.6 is 0 Å². The molecule has 2 aromatic rings. The third-order valence-electron chi connectivity index (χ3n) is 4.75. The van der Waals surface area contributed by atoms with Crippen molar-refractivity contribution in [2.75, 3.05) is 20.2 Å². The summed E-state index contributed by atoms with van der Waals surface area (Å²) in [5.41, 5.74) is 1.70. The normalized spacial score (nSPS) is 15.2. The second-order valence-corrected chi connectivity index (χ2v) is 6.27. The number of likely N-dealkylation sites (tertiary alicyclic amines) is 1. The maximum Gasteiger partial charge on any atom is 0.354 e. The van der Waals surface area contributed by atoms with E-state index < -0.39 is 5.82 Å². The number of aryl methyl sites for hydroxylation is 1. The standard InChI is InChI=1S/C19H21FN2O3/c1-13-5-6-14(20)12-16(13)18(23)21-10-7-15(8-11-21)22-9-3-4-17(22)19(24)25-2/h3-6,9,12,15H,7-8,10-11H2,1-2H3. The van der Waals surface area contributed by atoms with E-state index in [1.807, 2.05) is 23.8 Å². The van der Waals surface area contributed by atoms with Gasteiger partial charge in [-0.15, -0.1) is 0 Å². The molecule has 0 unspecified atom stereocenters. The summed E-state index contributed by atoms with van der Waals surface area (Å²) in [7, 11) is 1.36. The van der Waals surface area contributed by atoms with Crippen molar-refractivity contribution in [1.82, 2.24) is 9.47 Å². The number of nitrogens with zero attached hydrogens (tertiary/aromatic N) is 2. The van der Waals surface area contributed by atoms with Crippen molar-refractivity contribution in [2.45, 2.75) is 25.8 Å². The fourth-order valence-corrected chi connectivity index (χ4v) is 3.33. The largest absolute Gasteiger partial charge is 0.464 e. The number of piperidine rings is 1. The summed E-state index contributed by atoms with van der Waals surface area (Å²) >= 11 is 0. The number of carbonyl (C=O) groups is 2. The van der Waals surface area contributed by atoms with Gasteiger partial charge in [0.15, 0.2) is 0 Å². The summed E-state index contributed by atoms with van der Waals surface area (Å²) in [5, 5.41) is 0. The van der Waals surface area contributed by atoms with Crippen LogP contribution in [0.25, 0.3) is 0 Å². The van der Waals surface area contributed by atoms with Crippen molar-refractivity contribution in [3.8, 4) is 0 Å². The monoisotopic (exact) mass is 344 g/mol. The van der Waals surface area contributed by atoms with Crippen molar-refractivity contribution in [2.24, 2.45) is 0 Å². The first kappa shape index (κ1) is 17.2. The van der Waals surface area contributed by atoms with Crippen molar-refractivity contribution < 1.29 is 18.7 Å². The molecular weight excluding hydrogens is 323 g/mol. The van der Waals surface area contributed by atoms with Gasteiger partial charge in [0.1, 0.15) is 11.5 Å². The number of aromatic nitrogens is 1. The summed E-state index contributed by atoms with van der Waals surface area (Å²) in [4.78, 5) is 26.2. The van der Waals surface area contributed by atoms with E-state index in [2.05, 4.69) is 0 Å². The number of halogens is 1. The number of benzene rings is 1. The Morgan fingerprint density at radius 3 is 2.60 bits per heavy atom. The van der Waals surface area contributed by atoms with E-state index >= 15 is 0 Å². The Balaban J connectivity index is 1.70. The van der Waals surface area contributed by atoms with Gasteiger partial charge in [-0.3, -0.25) is 4.79 Å². The molecule has 0 bridgehead atoms. The first-order valence-electron chi connectivity index (χ1n) is 8.32. The number of hydrogen-bond acceptors (Lipinski definition) is 3. The molecule has 1 amide bonds. The van der Waals surface area contributed by atoms with Crippen LogP contribution in [-0.4, -0.2) is 41.5 Å². The highest BCUT2D eigenvalue weighted by atomic mass is 19.1. The fourth-order valence-electron chi connectivity index (χ4n) is 3.33. The van der Waals surface area contributed by atoms with Gasteiger partial charge in [0, 0.05) is 30.9 Å². The van der Waals surface area contributed by atoms with Gasteiger partial charge < -0.3 is 14.2 Å². The van der Waals surface area contributed by atoms with Crippen LogP contribution in [-0.2, 0) is 4.74 Å². The van der Waals surface area contributed by atoms with E-state index in [1.165, 1.54) is 19.2 Å². The molecule has 25 heavy (non-hydrogen) atoms. The van der Waals surface area contributed by atoms with Crippen LogP contribution in [0.2, 0.25) is 0 Å². The van der Waals surface area contributed by atoms with Gasteiger partial charge in [-0.1, -0.05) is 6.07 Å². The minimum absolute atomic E-state index is 0.141. The minimum Gasteiger partial charge on any atom is -0.464 e. The van der Waals surface area contributed by atoms with E-state index in [4.69, 9.17) is 4.74 Å². The lowest BCUT2D eigenvalue weighted by Crippen LogP contribution is -2.39. The summed E-state index contributed by atoms with van der Waals surface area (Å²) in [6.07, 6.45) is 3.34. The third kappa shape index (κ3) is 3.43. The first-order valence-corrected chi connectivity index (χ1v) is 8.32.